The fourth-order valence-corrected chi connectivity index (χ4v) is 2.88. The summed E-state index contributed by atoms with van der Waals surface area (Å²) in [6.45, 7) is 1.59. The van der Waals surface area contributed by atoms with E-state index >= 15 is 0 Å². The third kappa shape index (κ3) is 8.12. The highest BCUT2D eigenvalue weighted by molar-refractivity contribution is 8.13. The van der Waals surface area contributed by atoms with E-state index in [1.807, 2.05) is 34.9 Å². The summed E-state index contributed by atoms with van der Waals surface area (Å²) in [7, 11) is -9.70. The van der Waals surface area contributed by atoms with Gasteiger partial charge in [0.2, 0.25) is 12.7 Å². The number of hydrogen-bond acceptors (Lipinski definition) is 5. The molecule has 1 aromatic rings. The summed E-state index contributed by atoms with van der Waals surface area (Å²) in [5.41, 5.74) is -12.4. The standard InChI is InChI=1S/C8H14N3O.C2F6NO4S2/c1-9-3-5-11(7-9)6-4-10(2)8-12;3-1(4,5)14(10,11)9-15(12,13)2(6,7)8/h3,5,7-8H,4,6H2,1-2H3;/q+1;-1. The molecular weight excluding hydrogens is 434 g/mol. The van der Waals surface area contributed by atoms with Gasteiger partial charge in [0.15, 0.2) is 20.0 Å². The van der Waals surface area contributed by atoms with Crippen molar-refractivity contribution in [3.05, 3.63) is 22.8 Å². The Morgan fingerprint density at radius 1 is 1.07 bits per heavy atom. The fraction of sp³-hybridized carbons (Fsp3) is 0.600. The molecule has 0 saturated carbocycles. The van der Waals surface area contributed by atoms with Crippen LogP contribution in [0.4, 0.5) is 26.3 Å². The maximum Gasteiger partial charge on any atom is 0.480 e. The molecule has 0 aromatic carbocycles. The minimum Gasteiger partial charge on any atom is -0.421 e. The predicted molar refractivity (Wildman–Crippen MR) is 77.6 cm³/mol. The summed E-state index contributed by atoms with van der Waals surface area (Å²) in [5.74, 6) is 0. The molecule has 0 saturated heterocycles. The van der Waals surface area contributed by atoms with Crippen molar-refractivity contribution in [1.82, 2.24) is 9.47 Å². The SMILES string of the molecule is CN(C=O)CCn1cc[n+](C)c1.O=S(=O)([N-]S(=O)(=O)C(F)(F)F)C(F)(F)F. The van der Waals surface area contributed by atoms with Crippen LogP contribution in [0.25, 0.3) is 4.13 Å². The van der Waals surface area contributed by atoms with Gasteiger partial charge in [-0.05, 0) is 0 Å². The van der Waals surface area contributed by atoms with Crippen LogP contribution in [0.5, 0.6) is 0 Å². The van der Waals surface area contributed by atoms with E-state index < -0.39 is 31.1 Å². The summed E-state index contributed by atoms with van der Waals surface area (Å²) in [5, 5.41) is 0. The number of aromatic nitrogens is 2. The summed E-state index contributed by atoms with van der Waals surface area (Å²) in [6, 6.07) is 0. The van der Waals surface area contributed by atoms with Crippen molar-refractivity contribution in [2.24, 2.45) is 7.05 Å². The number of imidazole rings is 1. The molecule has 0 unspecified atom stereocenters. The van der Waals surface area contributed by atoms with Crippen LogP contribution in [0, 0.1) is 0 Å². The second kappa shape index (κ2) is 8.87. The smallest absolute Gasteiger partial charge is 0.421 e. The van der Waals surface area contributed by atoms with Gasteiger partial charge in [-0.2, -0.15) is 26.3 Å². The fourth-order valence-electron chi connectivity index (χ4n) is 1.17. The lowest BCUT2D eigenvalue weighted by atomic mass is 10.6. The van der Waals surface area contributed by atoms with Crippen LogP contribution in [0.15, 0.2) is 18.7 Å². The van der Waals surface area contributed by atoms with Crippen molar-refractivity contribution in [3.8, 4) is 0 Å². The third-order valence-corrected chi connectivity index (χ3v) is 5.24. The van der Waals surface area contributed by atoms with Crippen molar-refractivity contribution in [1.29, 1.82) is 0 Å². The number of amides is 1. The molecule has 0 spiro atoms. The molecule has 0 N–H and O–H groups in total. The first-order valence-electron chi connectivity index (χ1n) is 6.46. The normalized spacial score (nSPS) is 12.9. The lowest BCUT2D eigenvalue weighted by Crippen LogP contribution is -2.30. The Hall–Kier alpha value is -1.88. The van der Waals surface area contributed by atoms with E-state index in [2.05, 4.69) is 0 Å². The number of carbonyl (C=O) groups excluding carboxylic acids is 1. The van der Waals surface area contributed by atoms with Crippen molar-refractivity contribution in [2.75, 3.05) is 13.6 Å². The van der Waals surface area contributed by atoms with Gasteiger partial charge < -0.3 is 9.03 Å². The lowest BCUT2D eigenvalue weighted by Gasteiger charge is -2.22. The molecule has 1 heterocycles. The number of hydrogen-bond donors (Lipinski definition) is 0. The summed E-state index contributed by atoms with van der Waals surface area (Å²) in [6.07, 6.45) is 6.78. The Morgan fingerprint density at radius 3 is 1.81 bits per heavy atom. The Labute approximate surface area is 150 Å². The second-order valence-electron chi connectivity index (χ2n) is 4.82. The van der Waals surface area contributed by atoms with Gasteiger partial charge in [-0.1, -0.05) is 0 Å². The van der Waals surface area contributed by atoms with Crippen LogP contribution < -0.4 is 4.57 Å². The molecule has 158 valence electrons. The number of carbonyl (C=O) groups is 1. The molecule has 1 amide bonds. The van der Waals surface area contributed by atoms with Crippen LogP contribution in [0.1, 0.15) is 0 Å². The molecule has 1 rings (SSSR count). The molecule has 0 aliphatic heterocycles. The van der Waals surface area contributed by atoms with Gasteiger partial charge >= 0.3 is 11.0 Å². The molecular formula is C10H14F6N4O5S2. The lowest BCUT2D eigenvalue weighted by molar-refractivity contribution is -0.671. The number of sulfonamides is 2. The summed E-state index contributed by atoms with van der Waals surface area (Å²) < 4.78 is 113. The Kier molecular flexibility index (Phi) is 8.25. The zero-order chi connectivity index (χ0) is 21.7. The third-order valence-electron chi connectivity index (χ3n) is 2.50. The van der Waals surface area contributed by atoms with E-state index in [0.717, 1.165) is 23.6 Å². The first kappa shape index (κ1) is 25.1. The van der Waals surface area contributed by atoms with E-state index in [1.54, 1.807) is 11.9 Å². The molecule has 27 heavy (non-hydrogen) atoms. The molecule has 0 aliphatic rings. The van der Waals surface area contributed by atoms with E-state index in [1.165, 1.54) is 0 Å². The van der Waals surface area contributed by atoms with Crippen LogP contribution in [0.2, 0.25) is 0 Å². The van der Waals surface area contributed by atoms with Gasteiger partial charge in [0.1, 0.15) is 18.9 Å². The first-order chi connectivity index (χ1) is 11.9. The van der Waals surface area contributed by atoms with E-state index in [9.17, 15) is 48.0 Å². The second-order valence-corrected chi connectivity index (χ2v) is 8.24. The van der Waals surface area contributed by atoms with E-state index in [-0.39, 0.29) is 0 Å². The highest BCUT2D eigenvalue weighted by Crippen LogP contribution is 2.36. The van der Waals surface area contributed by atoms with E-state index in [4.69, 9.17) is 0 Å². The Bertz CT molecular complexity index is 789. The number of aryl methyl sites for hydroxylation is 1. The van der Waals surface area contributed by atoms with Gasteiger partial charge in [0.05, 0.1) is 13.6 Å². The number of likely N-dealkylation sites (N-methyl/N-ethyl adjacent to an activating group) is 1. The highest BCUT2D eigenvalue weighted by Gasteiger charge is 2.46. The Balaban J connectivity index is 0.000000511. The number of halogens is 6. The predicted octanol–water partition coefficient (Wildman–Crippen LogP) is 0.460. The van der Waals surface area contributed by atoms with Gasteiger partial charge in [0, 0.05) is 7.05 Å². The van der Waals surface area contributed by atoms with Crippen molar-refractivity contribution in [2.45, 2.75) is 17.6 Å². The quantitative estimate of drug-likeness (QED) is 0.357. The van der Waals surface area contributed by atoms with Crippen LogP contribution in [0.3, 0.4) is 0 Å². The topological polar surface area (TPSA) is 112 Å². The largest absolute Gasteiger partial charge is 0.480 e. The number of rotatable bonds is 6. The average molecular weight is 448 g/mol. The summed E-state index contributed by atoms with van der Waals surface area (Å²) in [4.78, 5) is 11.9. The zero-order valence-corrected chi connectivity index (χ0v) is 15.3. The molecule has 17 heteroatoms. The highest BCUT2D eigenvalue weighted by atomic mass is 32.3. The van der Waals surface area contributed by atoms with Gasteiger partial charge in [-0.3, -0.25) is 4.79 Å². The van der Waals surface area contributed by atoms with Crippen LogP contribution >= 0.6 is 0 Å². The molecule has 0 atom stereocenters. The van der Waals surface area contributed by atoms with Crippen molar-refractivity contribution in [3.63, 3.8) is 0 Å². The Morgan fingerprint density at radius 2 is 1.52 bits per heavy atom. The molecule has 9 nitrogen and oxygen atoms in total. The number of alkyl halides is 6. The van der Waals surface area contributed by atoms with Gasteiger partial charge in [-0.15, -0.1) is 0 Å². The molecule has 0 aliphatic carbocycles. The minimum atomic E-state index is -6.72. The molecule has 0 fully saturated rings. The average Bonchev–Trinajstić information content (AvgIpc) is 2.87. The monoisotopic (exact) mass is 448 g/mol. The maximum atomic E-state index is 11.4. The van der Waals surface area contributed by atoms with Crippen molar-refractivity contribution < 1.29 is 52.5 Å². The van der Waals surface area contributed by atoms with Gasteiger partial charge in [-0.25, -0.2) is 26.0 Å². The minimum absolute atomic E-state index is 0.748. The molecule has 1 aromatic heterocycles. The molecule has 0 bridgehead atoms. The number of nitrogens with zero attached hydrogens (tertiary/aromatic N) is 4. The first-order valence-corrected chi connectivity index (χ1v) is 9.34. The summed E-state index contributed by atoms with van der Waals surface area (Å²) >= 11 is 0. The van der Waals surface area contributed by atoms with Crippen LogP contribution in [-0.4, -0.2) is 57.3 Å². The van der Waals surface area contributed by atoms with Crippen LogP contribution in [-0.2, 0) is 38.4 Å². The molecule has 0 radical (unpaired) electrons. The van der Waals surface area contributed by atoms with Crippen molar-refractivity contribution >= 4 is 26.5 Å². The van der Waals surface area contributed by atoms with E-state index in [0.29, 0.717) is 0 Å². The zero-order valence-electron chi connectivity index (χ0n) is 13.6. The van der Waals surface area contributed by atoms with Gasteiger partial charge in [0.25, 0.3) is 0 Å². The maximum absolute atomic E-state index is 11.4.